The van der Waals surface area contributed by atoms with E-state index in [1.165, 1.54) is 11.8 Å². The Hall–Kier alpha value is -2.47. The summed E-state index contributed by atoms with van der Waals surface area (Å²) in [4.78, 5) is 20.8. The average Bonchev–Trinajstić information content (AvgIpc) is 2.97. The molecule has 1 unspecified atom stereocenters. The molecule has 1 heterocycles. The molecular formula is C17H17N3O2S. The van der Waals surface area contributed by atoms with Crippen molar-refractivity contribution in [1.82, 2.24) is 9.97 Å². The fourth-order valence-corrected chi connectivity index (χ4v) is 3.01. The fourth-order valence-electron chi connectivity index (χ4n) is 2.14. The highest BCUT2D eigenvalue weighted by Crippen LogP contribution is 2.26. The number of imidazole rings is 1. The van der Waals surface area contributed by atoms with Gasteiger partial charge in [-0.05, 0) is 43.3 Å². The molecule has 0 aliphatic heterocycles. The molecular weight excluding hydrogens is 310 g/mol. The van der Waals surface area contributed by atoms with Crippen LogP contribution >= 0.6 is 11.8 Å². The standard InChI is InChI=1S/C17H17N3O2S/c1-11(23-13-9-7-12(22-2)8-10-13)16(21)20-17-18-14-5-3-4-6-15(14)19-17/h3-11H,1-2H3,(H2,18,19,20,21). The van der Waals surface area contributed by atoms with Crippen LogP contribution in [0.2, 0.25) is 0 Å². The molecule has 0 saturated carbocycles. The predicted molar refractivity (Wildman–Crippen MR) is 93.0 cm³/mol. The number of thioether (sulfide) groups is 1. The van der Waals surface area contributed by atoms with Gasteiger partial charge in [-0.25, -0.2) is 4.98 Å². The van der Waals surface area contributed by atoms with E-state index in [1.54, 1.807) is 7.11 Å². The molecule has 1 atom stereocenters. The Labute approximate surface area is 138 Å². The lowest BCUT2D eigenvalue weighted by Crippen LogP contribution is -2.22. The van der Waals surface area contributed by atoms with Crippen LogP contribution in [0, 0.1) is 0 Å². The number of methoxy groups -OCH3 is 1. The third-order valence-electron chi connectivity index (χ3n) is 3.37. The first-order valence-electron chi connectivity index (χ1n) is 7.22. The van der Waals surface area contributed by atoms with Crippen molar-refractivity contribution in [2.24, 2.45) is 0 Å². The number of hydrogen-bond donors (Lipinski definition) is 2. The molecule has 118 valence electrons. The van der Waals surface area contributed by atoms with Crippen LogP contribution in [-0.4, -0.2) is 28.2 Å². The summed E-state index contributed by atoms with van der Waals surface area (Å²) in [5.41, 5.74) is 1.73. The zero-order chi connectivity index (χ0) is 16.2. The summed E-state index contributed by atoms with van der Waals surface area (Å²) in [6.07, 6.45) is 0. The number of anilines is 1. The van der Waals surface area contributed by atoms with Gasteiger partial charge in [0, 0.05) is 4.90 Å². The first kappa shape index (κ1) is 15.4. The Morgan fingerprint density at radius 1 is 1.22 bits per heavy atom. The molecule has 6 heteroatoms. The first-order chi connectivity index (χ1) is 11.2. The van der Waals surface area contributed by atoms with Crippen LogP contribution < -0.4 is 10.1 Å². The van der Waals surface area contributed by atoms with Gasteiger partial charge in [0.05, 0.1) is 23.4 Å². The number of hydrogen-bond acceptors (Lipinski definition) is 4. The number of nitrogens with zero attached hydrogens (tertiary/aromatic N) is 1. The van der Waals surface area contributed by atoms with Gasteiger partial charge in [-0.15, -0.1) is 11.8 Å². The summed E-state index contributed by atoms with van der Waals surface area (Å²) in [7, 11) is 1.63. The van der Waals surface area contributed by atoms with Gasteiger partial charge in [0.25, 0.3) is 0 Å². The molecule has 1 aromatic heterocycles. The van der Waals surface area contributed by atoms with Crippen LogP contribution in [-0.2, 0) is 4.79 Å². The van der Waals surface area contributed by atoms with Crippen LogP contribution in [0.4, 0.5) is 5.95 Å². The number of carbonyl (C=O) groups is 1. The molecule has 0 fully saturated rings. The lowest BCUT2D eigenvalue weighted by atomic mass is 10.3. The maximum atomic E-state index is 12.3. The molecule has 0 radical (unpaired) electrons. The zero-order valence-corrected chi connectivity index (χ0v) is 13.7. The SMILES string of the molecule is COc1ccc(SC(C)C(=O)Nc2nc3ccccc3[nH]2)cc1. The predicted octanol–water partition coefficient (Wildman–Crippen LogP) is 3.69. The molecule has 2 aromatic carbocycles. The summed E-state index contributed by atoms with van der Waals surface area (Å²) in [5.74, 6) is 1.18. The van der Waals surface area contributed by atoms with Gasteiger partial charge in [-0.3, -0.25) is 10.1 Å². The number of rotatable bonds is 5. The molecule has 1 amide bonds. The molecule has 3 aromatic rings. The van der Waals surface area contributed by atoms with Crippen LogP contribution in [0.3, 0.4) is 0 Å². The maximum Gasteiger partial charge on any atom is 0.239 e. The van der Waals surface area contributed by atoms with Gasteiger partial charge in [0.15, 0.2) is 0 Å². The zero-order valence-electron chi connectivity index (χ0n) is 12.9. The van der Waals surface area contributed by atoms with E-state index in [-0.39, 0.29) is 11.2 Å². The molecule has 0 aliphatic rings. The van der Waals surface area contributed by atoms with E-state index < -0.39 is 0 Å². The quantitative estimate of drug-likeness (QED) is 0.701. The number of aromatic amines is 1. The molecule has 0 bridgehead atoms. The first-order valence-corrected chi connectivity index (χ1v) is 8.10. The molecule has 0 spiro atoms. The van der Waals surface area contributed by atoms with E-state index in [4.69, 9.17) is 4.74 Å². The molecule has 0 saturated heterocycles. The summed E-state index contributed by atoms with van der Waals surface area (Å²) < 4.78 is 5.13. The minimum atomic E-state index is -0.239. The highest BCUT2D eigenvalue weighted by atomic mass is 32.2. The molecule has 5 nitrogen and oxygen atoms in total. The van der Waals surface area contributed by atoms with Crippen molar-refractivity contribution in [1.29, 1.82) is 0 Å². The Morgan fingerprint density at radius 3 is 2.65 bits per heavy atom. The second-order valence-corrected chi connectivity index (χ2v) is 6.44. The van der Waals surface area contributed by atoms with E-state index in [2.05, 4.69) is 15.3 Å². The minimum absolute atomic E-state index is 0.0927. The van der Waals surface area contributed by atoms with Crippen molar-refractivity contribution in [3.05, 3.63) is 48.5 Å². The third-order valence-corrected chi connectivity index (χ3v) is 4.48. The summed E-state index contributed by atoms with van der Waals surface area (Å²) in [6, 6.07) is 15.3. The lowest BCUT2D eigenvalue weighted by molar-refractivity contribution is -0.115. The van der Waals surface area contributed by atoms with Gasteiger partial charge in [-0.2, -0.15) is 0 Å². The topological polar surface area (TPSA) is 67.0 Å². The van der Waals surface area contributed by atoms with Crippen molar-refractivity contribution < 1.29 is 9.53 Å². The number of fused-ring (bicyclic) bond motifs is 1. The highest BCUT2D eigenvalue weighted by Gasteiger charge is 2.16. The van der Waals surface area contributed by atoms with Gasteiger partial charge in [0.2, 0.25) is 11.9 Å². The van der Waals surface area contributed by atoms with Crippen molar-refractivity contribution in [2.75, 3.05) is 12.4 Å². The van der Waals surface area contributed by atoms with E-state index in [0.29, 0.717) is 5.95 Å². The summed E-state index contributed by atoms with van der Waals surface area (Å²) in [6.45, 7) is 1.87. The molecule has 2 N–H and O–H groups in total. The number of ether oxygens (including phenoxy) is 1. The smallest absolute Gasteiger partial charge is 0.239 e. The van der Waals surface area contributed by atoms with E-state index in [1.807, 2.05) is 55.5 Å². The number of nitrogens with one attached hydrogen (secondary N) is 2. The van der Waals surface area contributed by atoms with Crippen LogP contribution in [0.15, 0.2) is 53.4 Å². The van der Waals surface area contributed by atoms with Crippen LogP contribution in [0.25, 0.3) is 11.0 Å². The van der Waals surface area contributed by atoms with E-state index >= 15 is 0 Å². The van der Waals surface area contributed by atoms with Crippen molar-refractivity contribution in [3.8, 4) is 5.75 Å². The Kier molecular flexibility index (Phi) is 4.52. The van der Waals surface area contributed by atoms with Gasteiger partial charge in [-0.1, -0.05) is 12.1 Å². The largest absolute Gasteiger partial charge is 0.497 e. The summed E-state index contributed by atoms with van der Waals surface area (Å²) in [5, 5.41) is 2.58. The number of amides is 1. The molecule has 0 aliphatic carbocycles. The maximum absolute atomic E-state index is 12.3. The number of H-pyrrole nitrogens is 1. The monoisotopic (exact) mass is 327 g/mol. The Balaban J connectivity index is 1.64. The second kappa shape index (κ2) is 6.75. The average molecular weight is 327 g/mol. The van der Waals surface area contributed by atoms with Crippen molar-refractivity contribution >= 4 is 34.7 Å². The lowest BCUT2D eigenvalue weighted by Gasteiger charge is -2.10. The van der Waals surface area contributed by atoms with Gasteiger partial charge < -0.3 is 9.72 Å². The number of aromatic nitrogens is 2. The molecule has 3 rings (SSSR count). The van der Waals surface area contributed by atoms with E-state index in [0.717, 1.165) is 21.7 Å². The number of carbonyl (C=O) groups excluding carboxylic acids is 1. The van der Waals surface area contributed by atoms with Gasteiger partial charge in [0.1, 0.15) is 5.75 Å². The number of para-hydroxylation sites is 2. The highest BCUT2D eigenvalue weighted by molar-refractivity contribution is 8.00. The summed E-state index contributed by atoms with van der Waals surface area (Å²) >= 11 is 1.49. The Bertz CT molecular complexity index is 781. The van der Waals surface area contributed by atoms with Crippen molar-refractivity contribution in [3.63, 3.8) is 0 Å². The minimum Gasteiger partial charge on any atom is -0.497 e. The van der Waals surface area contributed by atoms with Crippen LogP contribution in [0.1, 0.15) is 6.92 Å². The van der Waals surface area contributed by atoms with Crippen molar-refractivity contribution in [2.45, 2.75) is 17.1 Å². The Morgan fingerprint density at radius 2 is 1.96 bits per heavy atom. The molecule has 23 heavy (non-hydrogen) atoms. The van der Waals surface area contributed by atoms with E-state index in [9.17, 15) is 4.79 Å². The van der Waals surface area contributed by atoms with Crippen LogP contribution in [0.5, 0.6) is 5.75 Å². The normalized spacial score (nSPS) is 12.1. The third kappa shape index (κ3) is 3.65. The number of benzene rings is 2. The van der Waals surface area contributed by atoms with Gasteiger partial charge >= 0.3 is 0 Å². The second-order valence-electron chi connectivity index (χ2n) is 5.03. The fraction of sp³-hybridized carbons (Fsp3) is 0.176.